The van der Waals surface area contributed by atoms with Gasteiger partial charge in [0.25, 0.3) is 0 Å². The monoisotopic (exact) mass is 297 g/mol. The molecule has 2 N–H and O–H groups in total. The first-order chi connectivity index (χ1) is 9.56. The second-order valence-electron chi connectivity index (χ2n) is 5.77. The van der Waals surface area contributed by atoms with Crippen LogP contribution in [0.2, 0.25) is 5.02 Å². The fraction of sp³-hybridized carbons (Fsp3) is 0.625. The van der Waals surface area contributed by atoms with Gasteiger partial charge in [0.15, 0.2) is 11.5 Å². The van der Waals surface area contributed by atoms with Gasteiger partial charge in [0, 0.05) is 17.1 Å². The Morgan fingerprint density at radius 1 is 1.10 bits per heavy atom. The van der Waals surface area contributed by atoms with Crippen molar-refractivity contribution in [3.8, 4) is 11.5 Å². The van der Waals surface area contributed by atoms with E-state index in [2.05, 4.69) is 6.92 Å². The summed E-state index contributed by atoms with van der Waals surface area (Å²) in [6, 6.07) is 3.68. The molecule has 0 spiro atoms. The average molecular weight is 298 g/mol. The zero-order valence-corrected chi connectivity index (χ0v) is 13.2. The highest BCUT2D eigenvalue weighted by atomic mass is 35.5. The second kappa shape index (κ2) is 6.68. The molecule has 20 heavy (non-hydrogen) atoms. The summed E-state index contributed by atoms with van der Waals surface area (Å²) in [6.45, 7) is 2.31. The van der Waals surface area contributed by atoms with Gasteiger partial charge in [-0.15, -0.1) is 0 Å². The number of hydrogen-bond acceptors (Lipinski definition) is 3. The molecule has 0 aromatic heterocycles. The molecule has 1 aliphatic carbocycles. The van der Waals surface area contributed by atoms with E-state index in [-0.39, 0.29) is 6.04 Å². The number of ether oxygens (including phenoxy) is 2. The zero-order valence-electron chi connectivity index (χ0n) is 12.5. The lowest BCUT2D eigenvalue weighted by molar-refractivity contribution is 0.255. The van der Waals surface area contributed by atoms with Crippen molar-refractivity contribution in [3.63, 3.8) is 0 Å². The minimum atomic E-state index is -0.0326. The van der Waals surface area contributed by atoms with Crippen molar-refractivity contribution in [2.75, 3.05) is 14.2 Å². The molecule has 1 fully saturated rings. The summed E-state index contributed by atoms with van der Waals surface area (Å²) < 4.78 is 10.6. The van der Waals surface area contributed by atoms with Crippen LogP contribution in [0, 0.1) is 11.8 Å². The normalized spacial score (nSPS) is 24.2. The van der Waals surface area contributed by atoms with E-state index in [0.717, 1.165) is 11.5 Å². The molecule has 1 atom stereocenters. The van der Waals surface area contributed by atoms with Crippen LogP contribution in [0.15, 0.2) is 12.1 Å². The molecule has 1 aromatic rings. The number of hydrogen-bond donors (Lipinski definition) is 1. The fourth-order valence-electron chi connectivity index (χ4n) is 3.02. The Hall–Kier alpha value is -0.930. The highest BCUT2D eigenvalue weighted by Crippen LogP contribution is 2.41. The number of halogens is 1. The smallest absolute Gasteiger partial charge is 0.162 e. The molecule has 4 heteroatoms. The lowest BCUT2D eigenvalue weighted by atomic mass is 9.77. The van der Waals surface area contributed by atoms with Gasteiger partial charge in [-0.05, 0) is 36.3 Å². The van der Waals surface area contributed by atoms with Crippen LogP contribution < -0.4 is 15.2 Å². The maximum Gasteiger partial charge on any atom is 0.162 e. The van der Waals surface area contributed by atoms with E-state index in [4.69, 9.17) is 26.8 Å². The minimum Gasteiger partial charge on any atom is -0.493 e. The van der Waals surface area contributed by atoms with Gasteiger partial charge in [-0.25, -0.2) is 0 Å². The van der Waals surface area contributed by atoms with Crippen LogP contribution in [-0.4, -0.2) is 14.2 Å². The number of nitrogens with two attached hydrogens (primary N) is 1. The Labute approximate surface area is 126 Å². The van der Waals surface area contributed by atoms with Crippen LogP contribution in [0.25, 0.3) is 0 Å². The fourth-order valence-corrected chi connectivity index (χ4v) is 3.30. The molecule has 1 saturated carbocycles. The van der Waals surface area contributed by atoms with Gasteiger partial charge in [0.05, 0.1) is 14.2 Å². The summed E-state index contributed by atoms with van der Waals surface area (Å²) in [6.07, 6.45) is 4.85. The third-order valence-corrected chi connectivity index (χ3v) is 4.76. The van der Waals surface area contributed by atoms with E-state index in [1.807, 2.05) is 6.07 Å². The molecule has 0 bridgehead atoms. The number of methoxy groups -OCH3 is 2. The summed E-state index contributed by atoms with van der Waals surface area (Å²) in [5, 5.41) is 0.661. The standard InChI is InChI=1S/C16H24ClNO2/c1-10-4-6-11(7-5-10)16(18)12-8-14(19-2)15(20-3)9-13(12)17/h8-11,16H,4-7,18H2,1-3H3. The van der Waals surface area contributed by atoms with E-state index >= 15 is 0 Å². The Morgan fingerprint density at radius 2 is 1.65 bits per heavy atom. The van der Waals surface area contributed by atoms with Gasteiger partial charge in [-0.2, -0.15) is 0 Å². The molecule has 1 aromatic carbocycles. The molecule has 0 saturated heterocycles. The largest absolute Gasteiger partial charge is 0.493 e. The summed E-state index contributed by atoms with van der Waals surface area (Å²) in [5.74, 6) is 2.65. The molecule has 0 radical (unpaired) electrons. The number of rotatable bonds is 4. The molecular weight excluding hydrogens is 274 g/mol. The van der Waals surface area contributed by atoms with Crippen LogP contribution in [-0.2, 0) is 0 Å². The predicted octanol–water partition coefficient (Wildman–Crippen LogP) is 4.18. The Morgan fingerprint density at radius 3 is 2.20 bits per heavy atom. The minimum absolute atomic E-state index is 0.0326. The van der Waals surface area contributed by atoms with Crippen molar-refractivity contribution in [2.24, 2.45) is 17.6 Å². The molecule has 112 valence electrons. The summed E-state index contributed by atoms with van der Waals surface area (Å²) >= 11 is 6.36. The first kappa shape index (κ1) is 15.5. The van der Waals surface area contributed by atoms with E-state index in [0.29, 0.717) is 22.4 Å². The van der Waals surface area contributed by atoms with Crippen LogP contribution in [0.4, 0.5) is 0 Å². The summed E-state index contributed by atoms with van der Waals surface area (Å²) in [4.78, 5) is 0. The van der Waals surface area contributed by atoms with Crippen molar-refractivity contribution < 1.29 is 9.47 Å². The second-order valence-corrected chi connectivity index (χ2v) is 6.18. The third kappa shape index (κ3) is 3.21. The predicted molar refractivity (Wildman–Crippen MR) is 82.6 cm³/mol. The Balaban J connectivity index is 2.23. The van der Waals surface area contributed by atoms with Gasteiger partial charge in [-0.1, -0.05) is 31.4 Å². The molecule has 0 amide bonds. The van der Waals surface area contributed by atoms with Crippen molar-refractivity contribution in [2.45, 2.75) is 38.6 Å². The quantitative estimate of drug-likeness (QED) is 0.906. The van der Waals surface area contributed by atoms with Gasteiger partial charge in [-0.3, -0.25) is 0 Å². The number of benzene rings is 1. The SMILES string of the molecule is COc1cc(Cl)c(C(N)C2CCC(C)CC2)cc1OC. The zero-order chi connectivity index (χ0) is 14.7. The summed E-state index contributed by atoms with van der Waals surface area (Å²) in [5.41, 5.74) is 7.41. The molecule has 3 nitrogen and oxygen atoms in total. The first-order valence-electron chi connectivity index (χ1n) is 7.23. The molecule has 1 aliphatic rings. The van der Waals surface area contributed by atoms with Gasteiger partial charge >= 0.3 is 0 Å². The molecule has 1 unspecified atom stereocenters. The van der Waals surface area contributed by atoms with E-state index in [9.17, 15) is 0 Å². The average Bonchev–Trinajstić information content (AvgIpc) is 2.47. The van der Waals surface area contributed by atoms with Crippen molar-refractivity contribution >= 4 is 11.6 Å². The Bertz CT molecular complexity index is 456. The van der Waals surface area contributed by atoms with Gasteiger partial charge < -0.3 is 15.2 Å². The van der Waals surface area contributed by atoms with Crippen LogP contribution in [0.5, 0.6) is 11.5 Å². The molecule has 0 heterocycles. The van der Waals surface area contributed by atoms with Crippen molar-refractivity contribution in [1.29, 1.82) is 0 Å². The maximum atomic E-state index is 6.45. The highest BCUT2D eigenvalue weighted by Gasteiger charge is 2.27. The molecular formula is C16H24ClNO2. The Kier molecular flexibility index (Phi) is 5.17. The summed E-state index contributed by atoms with van der Waals surface area (Å²) in [7, 11) is 3.24. The topological polar surface area (TPSA) is 44.5 Å². The van der Waals surface area contributed by atoms with Gasteiger partial charge in [0.2, 0.25) is 0 Å². The van der Waals surface area contributed by atoms with Crippen LogP contribution in [0.3, 0.4) is 0 Å². The van der Waals surface area contributed by atoms with Crippen molar-refractivity contribution in [1.82, 2.24) is 0 Å². The third-order valence-electron chi connectivity index (χ3n) is 4.43. The van der Waals surface area contributed by atoms with E-state index in [1.165, 1.54) is 25.7 Å². The van der Waals surface area contributed by atoms with Gasteiger partial charge in [0.1, 0.15) is 0 Å². The van der Waals surface area contributed by atoms with Crippen LogP contribution in [0.1, 0.15) is 44.2 Å². The van der Waals surface area contributed by atoms with E-state index < -0.39 is 0 Å². The van der Waals surface area contributed by atoms with E-state index in [1.54, 1.807) is 20.3 Å². The molecule has 2 rings (SSSR count). The van der Waals surface area contributed by atoms with Crippen LogP contribution >= 0.6 is 11.6 Å². The molecule has 0 aliphatic heterocycles. The van der Waals surface area contributed by atoms with Crippen molar-refractivity contribution in [3.05, 3.63) is 22.7 Å². The highest BCUT2D eigenvalue weighted by molar-refractivity contribution is 6.31. The first-order valence-corrected chi connectivity index (χ1v) is 7.61. The maximum absolute atomic E-state index is 6.45. The lowest BCUT2D eigenvalue weighted by Gasteiger charge is -2.31. The lowest BCUT2D eigenvalue weighted by Crippen LogP contribution is -2.25.